The fourth-order valence-corrected chi connectivity index (χ4v) is 4.19. The smallest absolute Gasteiger partial charge is 0.344 e. The summed E-state index contributed by atoms with van der Waals surface area (Å²) in [6, 6.07) is 1.61. The molecule has 2 aromatic heterocycles. The van der Waals surface area contributed by atoms with E-state index in [1.54, 1.807) is 17.5 Å². The summed E-state index contributed by atoms with van der Waals surface area (Å²) < 4.78 is 38.5. The summed E-state index contributed by atoms with van der Waals surface area (Å²) in [5.74, 6) is -2.75. The van der Waals surface area contributed by atoms with Gasteiger partial charge in [0.05, 0.1) is 14.9 Å². The van der Waals surface area contributed by atoms with Gasteiger partial charge in [0.2, 0.25) is 11.8 Å². The zero-order valence-corrected chi connectivity index (χ0v) is 14.8. The predicted molar refractivity (Wildman–Crippen MR) is 89.8 cm³/mol. The van der Waals surface area contributed by atoms with E-state index in [1.807, 2.05) is 5.32 Å². The monoisotopic (exact) mass is 409 g/mol. The Morgan fingerprint density at radius 1 is 1.36 bits per heavy atom. The third kappa shape index (κ3) is 4.13. The molecule has 11 heteroatoms. The first-order valence-corrected chi connectivity index (χ1v) is 9.20. The number of hydrogen-bond acceptors (Lipinski definition) is 5. The van der Waals surface area contributed by atoms with E-state index in [9.17, 15) is 22.8 Å². The van der Waals surface area contributed by atoms with Crippen molar-refractivity contribution in [3.8, 4) is 10.6 Å². The lowest BCUT2D eigenvalue weighted by atomic mass is 9.93. The molecule has 2 atom stereocenters. The van der Waals surface area contributed by atoms with Crippen molar-refractivity contribution in [2.45, 2.75) is 25.1 Å². The van der Waals surface area contributed by atoms with Crippen LogP contribution in [-0.4, -0.2) is 29.0 Å². The lowest BCUT2D eigenvalue weighted by molar-refractivity contribution is -0.170. The summed E-state index contributed by atoms with van der Waals surface area (Å²) in [6.45, 7) is 0. The second-order valence-electron chi connectivity index (χ2n) is 5.36. The van der Waals surface area contributed by atoms with E-state index in [0.717, 1.165) is 16.2 Å². The average molecular weight is 410 g/mol. The Balaban J connectivity index is 1.63. The maximum atomic E-state index is 12.6. The number of alkyl halides is 3. The van der Waals surface area contributed by atoms with Gasteiger partial charge in [-0.3, -0.25) is 9.59 Å². The van der Waals surface area contributed by atoms with Crippen molar-refractivity contribution in [3.63, 3.8) is 0 Å². The fourth-order valence-electron chi connectivity index (χ4n) is 2.39. The van der Waals surface area contributed by atoms with Gasteiger partial charge < -0.3 is 10.6 Å². The highest BCUT2D eigenvalue weighted by Crippen LogP contribution is 2.33. The number of nitrogens with one attached hydrogen (secondary N) is 2. The normalized spacial score (nSPS) is 21.0. The quantitative estimate of drug-likeness (QED) is 0.755. The molecule has 5 nitrogen and oxygen atoms in total. The molecule has 1 aliphatic heterocycles. The van der Waals surface area contributed by atoms with Crippen molar-refractivity contribution in [2.75, 3.05) is 5.32 Å². The molecule has 3 rings (SSSR count). The van der Waals surface area contributed by atoms with Gasteiger partial charge in [-0.15, -0.1) is 22.7 Å². The fraction of sp³-hybridized carbons (Fsp3) is 0.357. The number of thiophene rings is 1. The molecule has 2 aromatic rings. The van der Waals surface area contributed by atoms with Gasteiger partial charge >= 0.3 is 6.18 Å². The Hall–Kier alpha value is -1.65. The van der Waals surface area contributed by atoms with E-state index in [2.05, 4.69) is 10.3 Å². The van der Waals surface area contributed by atoms with Crippen LogP contribution in [0.15, 0.2) is 17.5 Å². The van der Waals surface area contributed by atoms with Crippen molar-refractivity contribution < 1.29 is 22.8 Å². The predicted octanol–water partition coefficient (Wildman–Crippen LogP) is 3.92. The van der Waals surface area contributed by atoms with E-state index in [0.29, 0.717) is 10.0 Å². The second-order valence-corrected chi connectivity index (χ2v) is 7.94. The maximum absolute atomic E-state index is 12.6. The van der Waals surface area contributed by atoms with Gasteiger partial charge in [-0.2, -0.15) is 13.2 Å². The molecule has 0 unspecified atom stereocenters. The number of amides is 2. The van der Waals surface area contributed by atoms with Crippen LogP contribution in [0.1, 0.15) is 12.8 Å². The zero-order valence-electron chi connectivity index (χ0n) is 12.4. The van der Waals surface area contributed by atoms with Crippen LogP contribution < -0.4 is 10.6 Å². The number of nitrogens with zero attached hydrogens (tertiary/aromatic N) is 1. The van der Waals surface area contributed by atoms with E-state index in [1.165, 1.54) is 11.3 Å². The molecule has 0 aromatic carbocycles. The molecule has 0 saturated carbocycles. The van der Waals surface area contributed by atoms with Crippen LogP contribution in [0.3, 0.4) is 0 Å². The van der Waals surface area contributed by atoms with E-state index in [-0.39, 0.29) is 18.0 Å². The number of hydrogen-bond donors (Lipinski definition) is 2. The molecule has 1 fully saturated rings. The first-order valence-electron chi connectivity index (χ1n) is 7.13. The molecule has 25 heavy (non-hydrogen) atoms. The molecule has 0 spiro atoms. The molecule has 1 aliphatic rings. The largest absolute Gasteiger partial charge is 0.408 e. The molecular weight excluding hydrogens is 399 g/mol. The third-order valence-electron chi connectivity index (χ3n) is 3.65. The average Bonchev–Trinajstić information content (AvgIpc) is 3.15. The first-order chi connectivity index (χ1) is 11.7. The standard InChI is InChI=1S/C14H11ClF3N3O2S2/c15-10-4-2-8(25-10)7-5-24-13(19-7)21-12(23)6-1-3-9(14(16,17)18)20-11(6)22/h2,4-6,9H,1,3H2,(H,20,22)(H,19,21,23)/t6-,9+/m1/s1. The topological polar surface area (TPSA) is 71.1 Å². The summed E-state index contributed by atoms with van der Waals surface area (Å²) in [5.41, 5.74) is 0.627. The Morgan fingerprint density at radius 3 is 2.72 bits per heavy atom. The SMILES string of the molecule is O=C(Nc1nc(-c2ccc(Cl)s2)cs1)[C@@H]1CC[C@@H](C(F)(F)F)NC1=O. The number of carbonyl (C=O) groups is 2. The number of rotatable bonds is 3. The summed E-state index contributed by atoms with van der Waals surface area (Å²) in [4.78, 5) is 29.0. The molecule has 2 amide bonds. The molecule has 0 radical (unpaired) electrons. The van der Waals surface area contributed by atoms with Crippen LogP contribution >= 0.6 is 34.3 Å². The van der Waals surface area contributed by atoms with Gasteiger partial charge in [0.1, 0.15) is 12.0 Å². The van der Waals surface area contributed by atoms with Gasteiger partial charge in [0.25, 0.3) is 0 Å². The zero-order chi connectivity index (χ0) is 18.2. The number of thiazole rings is 1. The Kier molecular flexibility index (Phi) is 5.03. The van der Waals surface area contributed by atoms with Crippen molar-refractivity contribution in [1.82, 2.24) is 10.3 Å². The highest BCUT2D eigenvalue weighted by molar-refractivity contribution is 7.20. The Morgan fingerprint density at radius 2 is 2.12 bits per heavy atom. The van der Waals surface area contributed by atoms with Gasteiger partial charge in [-0.05, 0) is 25.0 Å². The molecule has 0 bridgehead atoms. The minimum Gasteiger partial charge on any atom is -0.344 e. The number of carbonyl (C=O) groups excluding carboxylic acids is 2. The van der Waals surface area contributed by atoms with E-state index >= 15 is 0 Å². The minimum absolute atomic E-state index is 0.166. The molecule has 3 heterocycles. The van der Waals surface area contributed by atoms with Crippen molar-refractivity contribution in [2.24, 2.45) is 5.92 Å². The summed E-state index contributed by atoms with van der Waals surface area (Å²) in [5, 5.41) is 6.34. The second kappa shape index (κ2) is 6.93. The highest BCUT2D eigenvalue weighted by atomic mass is 35.5. The number of aromatic nitrogens is 1. The molecule has 2 N–H and O–H groups in total. The van der Waals surface area contributed by atoms with Gasteiger partial charge in [-0.25, -0.2) is 4.98 Å². The maximum Gasteiger partial charge on any atom is 0.408 e. The van der Waals surface area contributed by atoms with Crippen LogP contribution in [0, 0.1) is 5.92 Å². The Bertz CT molecular complexity index is 805. The number of anilines is 1. The van der Waals surface area contributed by atoms with E-state index < -0.39 is 30.0 Å². The van der Waals surface area contributed by atoms with Crippen molar-refractivity contribution >= 4 is 51.2 Å². The van der Waals surface area contributed by atoms with Crippen LogP contribution in [-0.2, 0) is 9.59 Å². The molecule has 1 saturated heterocycles. The van der Waals surface area contributed by atoms with Crippen LogP contribution in [0.2, 0.25) is 4.34 Å². The molecule has 134 valence electrons. The highest BCUT2D eigenvalue weighted by Gasteiger charge is 2.45. The molecular formula is C14H11ClF3N3O2S2. The van der Waals surface area contributed by atoms with Gasteiger partial charge in [-0.1, -0.05) is 11.6 Å². The summed E-state index contributed by atoms with van der Waals surface area (Å²) in [7, 11) is 0. The van der Waals surface area contributed by atoms with Crippen LogP contribution in [0.4, 0.5) is 18.3 Å². The van der Waals surface area contributed by atoms with Gasteiger partial charge in [0.15, 0.2) is 5.13 Å². The summed E-state index contributed by atoms with van der Waals surface area (Å²) >= 11 is 8.35. The van der Waals surface area contributed by atoms with Crippen LogP contribution in [0.5, 0.6) is 0 Å². The molecule has 0 aliphatic carbocycles. The van der Waals surface area contributed by atoms with E-state index in [4.69, 9.17) is 11.6 Å². The lowest BCUT2D eigenvalue weighted by Gasteiger charge is -2.29. The third-order valence-corrected chi connectivity index (χ3v) is 5.66. The van der Waals surface area contributed by atoms with Crippen molar-refractivity contribution in [3.05, 3.63) is 21.8 Å². The van der Waals surface area contributed by atoms with Crippen molar-refractivity contribution in [1.29, 1.82) is 0 Å². The lowest BCUT2D eigenvalue weighted by Crippen LogP contribution is -2.53. The number of halogens is 4. The van der Waals surface area contributed by atoms with Gasteiger partial charge in [0, 0.05) is 5.38 Å². The Labute approximate surface area is 153 Å². The minimum atomic E-state index is -4.51. The number of piperidine rings is 1. The first kappa shape index (κ1) is 18.2. The summed E-state index contributed by atoms with van der Waals surface area (Å²) in [6.07, 6.45) is -5.01. The van der Waals surface area contributed by atoms with Crippen LogP contribution in [0.25, 0.3) is 10.6 Å².